The minimum Gasteiger partial charge on any atom is -0.454 e. The van der Waals surface area contributed by atoms with E-state index < -0.39 is 4.92 Å². The molecular weight excluding hydrogens is 438 g/mol. The predicted octanol–water partition coefficient (Wildman–Crippen LogP) is 4.75. The fourth-order valence-electron chi connectivity index (χ4n) is 2.61. The van der Waals surface area contributed by atoms with Crippen molar-refractivity contribution in [1.29, 1.82) is 5.41 Å². The molecule has 0 bridgehead atoms. The Kier molecular flexibility index (Phi) is 6.24. The lowest BCUT2D eigenvalue weighted by molar-refractivity contribution is -0.385. The van der Waals surface area contributed by atoms with Gasteiger partial charge in [0.15, 0.2) is 16.7 Å². The molecule has 1 aliphatic rings. The van der Waals surface area contributed by atoms with E-state index in [0.29, 0.717) is 27.4 Å². The molecule has 0 saturated carbocycles. The lowest BCUT2D eigenvalue weighted by Gasteiger charge is -2.06. The number of fused-ring (bicyclic) bond motifs is 1. The van der Waals surface area contributed by atoms with Crippen molar-refractivity contribution >= 4 is 50.9 Å². The van der Waals surface area contributed by atoms with Gasteiger partial charge in [0.05, 0.1) is 33.3 Å². The topological polar surface area (TPSA) is 122 Å². The molecule has 0 fully saturated rings. The summed E-state index contributed by atoms with van der Waals surface area (Å²) >= 11 is 2.55. The van der Waals surface area contributed by atoms with Gasteiger partial charge >= 0.3 is 0 Å². The lowest BCUT2D eigenvalue weighted by atomic mass is 10.1. The van der Waals surface area contributed by atoms with Crippen LogP contribution in [-0.2, 0) is 0 Å². The zero-order valence-corrected chi connectivity index (χ0v) is 17.5. The summed E-state index contributed by atoms with van der Waals surface area (Å²) in [6.07, 6.45) is 1.32. The van der Waals surface area contributed by atoms with Gasteiger partial charge < -0.3 is 9.47 Å². The highest BCUT2D eigenvalue weighted by molar-refractivity contribution is 8.27. The highest BCUT2D eigenvalue weighted by Gasteiger charge is 2.22. The minimum absolute atomic E-state index is 0.0146. The Morgan fingerprint density at radius 2 is 1.97 bits per heavy atom. The van der Waals surface area contributed by atoms with Crippen LogP contribution in [0.2, 0.25) is 0 Å². The summed E-state index contributed by atoms with van der Waals surface area (Å²) in [6.45, 7) is 0.0146. The van der Waals surface area contributed by atoms with Gasteiger partial charge in [-0.15, -0.1) is 11.3 Å². The van der Waals surface area contributed by atoms with Crippen molar-refractivity contribution < 1.29 is 14.4 Å². The molecule has 9 nitrogen and oxygen atoms in total. The Hall–Kier alpha value is -3.70. The number of thioether (sulfide) groups is 1. The maximum absolute atomic E-state index is 11.4. The normalized spacial score (nSPS) is 12.8. The smallest absolute Gasteiger partial charge is 0.282 e. The molecule has 3 aromatic rings. The molecule has 2 N–H and O–H groups in total. The monoisotopic (exact) mass is 453 g/mol. The summed E-state index contributed by atoms with van der Waals surface area (Å²) in [5.41, 5.74) is 3.57. The van der Waals surface area contributed by atoms with Crippen molar-refractivity contribution in [2.24, 2.45) is 10.1 Å². The van der Waals surface area contributed by atoms with Gasteiger partial charge in [-0.3, -0.25) is 20.9 Å². The van der Waals surface area contributed by atoms with E-state index >= 15 is 0 Å². The van der Waals surface area contributed by atoms with E-state index in [2.05, 4.69) is 15.5 Å². The third-order valence-electron chi connectivity index (χ3n) is 4.01. The van der Waals surface area contributed by atoms with Crippen LogP contribution in [0.5, 0.6) is 11.5 Å². The molecule has 0 aliphatic carbocycles. The standard InChI is InChI=1S/C20H15N5O4S2/c21-19(18-7-4-8-30-18)31-20(23-14-5-2-1-3-6-14)24-22-11-13-9-16-17(29-12-28-16)10-15(13)25(26)27/h1-11,21H,12H2,(H,23,24)/b21-19?,22-11+. The molecule has 0 unspecified atom stereocenters. The van der Waals surface area contributed by atoms with E-state index in [9.17, 15) is 10.1 Å². The molecule has 2 heterocycles. The number of rotatable bonds is 5. The Labute approximate surface area is 185 Å². The maximum Gasteiger partial charge on any atom is 0.282 e. The van der Waals surface area contributed by atoms with Crippen LogP contribution in [-0.4, -0.2) is 28.1 Å². The fourth-order valence-corrected chi connectivity index (χ4v) is 4.06. The first-order valence-electron chi connectivity index (χ1n) is 8.91. The van der Waals surface area contributed by atoms with E-state index in [1.54, 1.807) is 0 Å². The van der Waals surface area contributed by atoms with E-state index in [-0.39, 0.29) is 18.0 Å². The Morgan fingerprint density at radius 3 is 2.68 bits per heavy atom. The number of aliphatic imine (C=N–C) groups is 1. The van der Waals surface area contributed by atoms with Crippen LogP contribution in [0.1, 0.15) is 10.4 Å². The largest absolute Gasteiger partial charge is 0.454 e. The van der Waals surface area contributed by atoms with Crippen molar-refractivity contribution in [3.63, 3.8) is 0 Å². The zero-order chi connectivity index (χ0) is 21.6. The average molecular weight is 454 g/mol. The quantitative estimate of drug-likeness (QED) is 0.249. The molecule has 4 rings (SSSR count). The SMILES string of the molecule is N=C(SC(=Nc1ccccc1)N/N=C/c1cc2c(cc1[N+](=O)[O-])OCO2)c1cccs1. The van der Waals surface area contributed by atoms with Crippen LogP contribution in [0.25, 0.3) is 0 Å². The molecule has 1 aliphatic heterocycles. The molecule has 156 valence electrons. The van der Waals surface area contributed by atoms with Crippen LogP contribution >= 0.6 is 23.1 Å². The van der Waals surface area contributed by atoms with Crippen LogP contribution in [0.4, 0.5) is 11.4 Å². The summed E-state index contributed by atoms with van der Waals surface area (Å²) in [5.74, 6) is 0.738. The van der Waals surface area contributed by atoms with Gasteiger partial charge in [-0.25, -0.2) is 4.99 Å². The molecule has 31 heavy (non-hydrogen) atoms. The summed E-state index contributed by atoms with van der Waals surface area (Å²) in [6, 6.07) is 15.8. The predicted molar refractivity (Wildman–Crippen MR) is 122 cm³/mol. The van der Waals surface area contributed by atoms with E-state index in [4.69, 9.17) is 14.9 Å². The summed E-state index contributed by atoms with van der Waals surface area (Å²) in [5, 5.41) is 26.4. The lowest BCUT2D eigenvalue weighted by Crippen LogP contribution is -2.16. The number of nitrogens with zero attached hydrogens (tertiary/aromatic N) is 3. The number of nitro benzene ring substituents is 1. The van der Waals surface area contributed by atoms with Gasteiger partial charge in [-0.05, 0) is 41.4 Å². The van der Waals surface area contributed by atoms with Gasteiger partial charge in [0.2, 0.25) is 6.79 Å². The zero-order valence-electron chi connectivity index (χ0n) is 15.8. The number of thiophene rings is 1. The van der Waals surface area contributed by atoms with Crippen molar-refractivity contribution in [3.05, 3.63) is 80.5 Å². The van der Waals surface area contributed by atoms with Crippen molar-refractivity contribution in [2.45, 2.75) is 0 Å². The highest BCUT2D eigenvalue weighted by atomic mass is 32.2. The number of amidine groups is 1. The minimum atomic E-state index is -0.510. The molecule has 2 aromatic carbocycles. The number of hydrogen-bond acceptors (Lipinski definition) is 9. The molecule has 0 saturated heterocycles. The van der Waals surface area contributed by atoms with Crippen LogP contribution in [0.15, 0.2) is 70.1 Å². The fraction of sp³-hybridized carbons (Fsp3) is 0.0500. The Morgan fingerprint density at radius 1 is 1.19 bits per heavy atom. The molecule has 0 radical (unpaired) electrons. The molecule has 0 spiro atoms. The van der Waals surface area contributed by atoms with Crippen LogP contribution in [0, 0.1) is 15.5 Å². The van der Waals surface area contributed by atoms with Crippen molar-refractivity contribution in [2.75, 3.05) is 6.79 Å². The summed E-state index contributed by atoms with van der Waals surface area (Å²) in [4.78, 5) is 16.2. The molecular formula is C20H15N5O4S2. The van der Waals surface area contributed by atoms with E-state index in [1.807, 2.05) is 47.8 Å². The van der Waals surface area contributed by atoms with Gasteiger partial charge in [-0.1, -0.05) is 24.3 Å². The third-order valence-corrected chi connectivity index (χ3v) is 5.83. The second kappa shape index (κ2) is 9.41. The average Bonchev–Trinajstić information content (AvgIpc) is 3.45. The number of benzene rings is 2. The second-order valence-electron chi connectivity index (χ2n) is 6.05. The number of hydrogen-bond donors (Lipinski definition) is 2. The van der Waals surface area contributed by atoms with Crippen LogP contribution in [0.3, 0.4) is 0 Å². The molecule has 1 aromatic heterocycles. The molecule has 0 atom stereocenters. The number of ether oxygens (including phenoxy) is 2. The number of nitro groups is 1. The van der Waals surface area contributed by atoms with Gasteiger partial charge in [0, 0.05) is 0 Å². The second-order valence-corrected chi connectivity index (χ2v) is 8.00. The Bertz CT molecular complexity index is 1160. The third kappa shape index (κ3) is 5.08. The van der Waals surface area contributed by atoms with E-state index in [0.717, 1.165) is 16.6 Å². The van der Waals surface area contributed by atoms with E-state index in [1.165, 1.54) is 29.7 Å². The van der Waals surface area contributed by atoms with Crippen molar-refractivity contribution in [3.8, 4) is 11.5 Å². The van der Waals surface area contributed by atoms with Gasteiger partial charge in [0.25, 0.3) is 5.69 Å². The van der Waals surface area contributed by atoms with Gasteiger partial charge in [0.1, 0.15) is 5.04 Å². The highest BCUT2D eigenvalue weighted by Crippen LogP contribution is 2.37. The van der Waals surface area contributed by atoms with Gasteiger partial charge in [-0.2, -0.15) is 5.10 Å². The Balaban J connectivity index is 1.57. The molecule has 11 heteroatoms. The molecule has 0 amide bonds. The number of nitrogens with one attached hydrogen (secondary N) is 2. The van der Waals surface area contributed by atoms with Crippen molar-refractivity contribution in [1.82, 2.24) is 5.43 Å². The first-order chi connectivity index (χ1) is 15.1. The van der Waals surface area contributed by atoms with Crippen LogP contribution < -0.4 is 14.9 Å². The summed E-state index contributed by atoms with van der Waals surface area (Å²) < 4.78 is 10.5. The summed E-state index contributed by atoms with van der Waals surface area (Å²) in [7, 11) is 0. The first-order valence-corrected chi connectivity index (χ1v) is 10.6. The first kappa shape index (κ1) is 20.6. The maximum atomic E-state index is 11.4. The number of hydrazone groups is 1. The number of para-hydroxylation sites is 1.